The van der Waals surface area contributed by atoms with Gasteiger partial charge in [-0.1, -0.05) is 67.6 Å². The summed E-state index contributed by atoms with van der Waals surface area (Å²) >= 11 is 0. The summed E-state index contributed by atoms with van der Waals surface area (Å²) in [4.78, 5) is 0. The van der Waals surface area contributed by atoms with Gasteiger partial charge >= 0.3 is 0 Å². The van der Waals surface area contributed by atoms with Gasteiger partial charge in [-0.25, -0.2) is 0 Å². The van der Waals surface area contributed by atoms with Crippen molar-refractivity contribution in [2.45, 2.75) is 13.3 Å². The van der Waals surface area contributed by atoms with Gasteiger partial charge in [0.1, 0.15) is 0 Å². The summed E-state index contributed by atoms with van der Waals surface area (Å²) in [7, 11) is 0. The monoisotopic (exact) mass is 261 g/mol. The van der Waals surface area contributed by atoms with Gasteiger partial charge in [-0.2, -0.15) is 0 Å². The molecule has 0 unspecified atom stereocenters. The Balaban J connectivity index is 2.01. The van der Waals surface area contributed by atoms with Gasteiger partial charge in [0.2, 0.25) is 0 Å². The third-order valence-corrected chi connectivity index (χ3v) is 3.75. The van der Waals surface area contributed by atoms with Gasteiger partial charge in [0.05, 0.1) is 0 Å². The molecule has 0 fully saturated rings. The Morgan fingerprint density at radius 2 is 1.45 bits per heavy atom. The molecule has 0 radical (unpaired) electrons. The van der Waals surface area contributed by atoms with Crippen molar-refractivity contribution in [3.05, 3.63) is 83.4 Å². The first-order chi connectivity index (χ1) is 9.88. The Kier molecular flexibility index (Phi) is 3.69. The molecule has 20 heavy (non-hydrogen) atoms. The summed E-state index contributed by atoms with van der Waals surface area (Å²) in [6.45, 7) is 3.12. The minimum atomic E-state index is 0.897. The molecule has 0 aliphatic carbocycles. The molecule has 0 bridgehead atoms. The highest BCUT2D eigenvalue weighted by molar-refractivity contribution is 5.81. The normalized spacial score (nSPS) is 14.8. The molecule has 1 heteroatoms. The lowest BCUT2D eigenvalue weighted by Gasteiger charge is -2.22. The number of hydrogen-bond donors (Lipinski definition) is 1. The molecule has 1 nitrogen and oxygen atoms in total. The lowest BCUT2D eigenvalue weighted by molar-refractivity contribution is 0.976. The van der Waals surface area contributed by atoms with Gasteiger partial charge in [0, 0.05) is 12.2 Å². The fourth-order valence-corrected chi connectivity index (χ4v) is 2.65. The van der Waals surface area contributed by atoms with Crippen LogP contribution in [0.25, 0.3) is 11.3 Å². The Bertz CT molecular complexity index is 636. The molecule has 0 spiro atoms. The number of allylic oxidation sites excluding steroid dienone is 2. The van der Waals surface area contributed by atoms with Crippen molar-refractivity contribution in [3.63, 3.8) is 0 Å². The molecule has 0 saturated carbocycles. The third-order valence-electron chi connectivity index (χ3n) is 3.75. The van der Waals surface area contributed by atoms with Crippen LogP contribution < -0.4 is 5.32 Å². The average molecular weight is 261 g/mol. The molecule has 1 aliphatic heterocycles. The summed E-state index contributed by atoms with van der Waals surface area (Å²) < 4.78 is 0. The van der Waals surface area contributed by atoms with Crippen molar-refractivity contribution in [1.82, 2.24) is 5.32 Å². The van der Waals surface area contributed by atoms with Crippen LogP contribution in [0, 0.1) is 0 Å². The molecule has 3 rings (SSSR count). The third kappa shape index (κ3) is 2.53. The second kappa shape index (κ2) is 5.79. The maximum atomic E-state index is 3.55. The fourth-order valence-electron chi connectivity index (χ4n) is 2.65. The second-order valence-electron chi connectivity index (χ2n) is 5.00. The van der Waals surface area contributed by atoms with E-state index in [2.05, 4.69) is 79.0 Å². The van der Waals surface area contributed by atoms with Crippen molar-refractivity contribution in [2.75, 3.05) is 6.54 Å². The van der Waals surface area contributed by atoms with Gasteiger partial charge in [-0.3, -0.25) is 0 Å². The van der Waals surface area contributed by atoms with E-state index in [1.54, 1.807) is 0 Å². The minimum Gasteiger partial charge on any atom is -0.380 e. The topological polar surface area (TPSA) is 12.0 Å². The molecule has 2 aromatic rings. The van der Waals surface area contributed by atoms with Crippen LogP contribution >= 0.6 is 0 Å². The van der Waals surface area contributed by atoms with E-state index in [-0.39, 0.29) is 0 Å². The number of dihydropyridines is 1. The molecule has 0 atom stereocenters. The van der Waals surface area contributed by atoms with Crippen molar-refractivity contribution in [2.24, 2.45) is 0 Å². The largest absolute Gasteiger partial charge is 0.380 e. The highest BCUT2D eigenvalue weighted by Gasteiger charge is 2.13. The maximum absolute atomic E-state index is 3.55. The molecule has 100 valence electrons. The predicted octanol–water partition coefficient (Wildman–Crippen LogP) is 4.49. The van der Waals surface area contributed by atoms with Crippen LogP contribution in [0.4, 0.5) is 0 Å². The number of hydrogen-bond acceptors (Lipinski definition) is 1. The summed E-state index contributed by atoms with van der Waals surface area (Å²) in [5.74, 6) is 0. The van der Waals surface area contributed by atoms with E-state index in [0.717, 1.165) is 13.0 Å². The van der Waals surface area contributed by atoms with Crippen LogP contribution in [0.15, 0.2) is 72.3 Å². The summed E-state index contributed by atoms with van der Waals surface area (Å²) in [5, 5.41) is 3.55. The highest BCUT2D eigenvalue weighted by atomic mass is 14.9. The lowest BCUT2D eigenvalue weighted by Crippen LogP contribution is -2.20. The van der Waals surface area contributed by atoms with E-state index in [9.17, 15) is 0 Å². The van der Waals surface area contributed by atoms with Crippen molar-refractivity contribution >= 4 is 11.3 Å². The van der Waals surface area contributed by atoms with Crippen molar-refractivity contribution in [3.8, 4) is 0 Å². The second-order valence-corrected chi connectivity index (χ2v) is 5.00. The molecular weight excluding hydrogens is 242 g/mol. The zero-order valence-corrected chi connectivity index (χ0v) is 11.8. The van der Waals surface area contributed by atoms with E-state index in [1.165, 1.54) is 28.0 Å². The maximum Gasteiger partial charge on any atom is 0.0419 e. The Hall–Kier alpha value is -2.28. The van der Waals surface area contributed by atoms with Gasteiger partial charge < -0.3 is 5.32 Å². The van der Waals surface area contributed by atoms with Crippen LogP contribution in [0.1, 0.15) is 24.5 Å². The molecule has 1 heterocycles. The first kappa shape index (κ1) is 12.7. The Labute approximate surface area is 120 Å². The van der Waals surface area contributed by atoms with E-state index >= 15 is 0 Å². The van der Waals surface area contributed by atoms with Crippen LogP contribution in [0.2, 0.25) is 0 Å². The number of benzene rings is 2. The van der Waals surface area contributed by atoms with Crippen LogP contribution in [-0.2, 0) is 0 Å². The van der Waals surface area contributed by atoms with Gasteiger partial charge in [-0.05, 0) is 34.8 Å². The van der Waals surface area contributed by atoms with Crippen molar-refractivity contribution in [1.29, 1.82) is 0 Å². The first-order valence-electron chi connectivity index (χ1n) is 7.17. The SMILES string of the molecule is CCC1=C(c2ccccc2)CNC(c2ccccc2)=C1. The van der Waals surface area contributed by atoms with Gasteiger partial charge in [-0.15, -0.1) is 0 Å². The Morgan fingerprint density at radius 1 is 0.850 bits per heavy atom. The predicted molar refractivity (Wildman–Crippen MR) is 86.1 cm³/mol. The van der Waals surface area contributed by atoms with E-state index in [0.29, 0.717) is 0 Å². The summed E-state index contributed by atoms with van der Waals surface area (Å²) in [6, 6.07) is 21.2. The van der Waals surface area contributed by atoms with Crippen LogP contribution in [-0.4, -0.2) is 6.54 Å². The molecule has 1 aliphatic rings. The lowest BCUT2D eigenvalue weighted by atomic mass is 9.93. The minimum absolute atomic E-state index is 0.897. The van der Waals surface area contributed by atoms with Crippen LogP contribution in [0.3, 0.4) is 0 Å². The molecule has 1 N–H and O–H groups in total. The fraction of sp³-hybridized carbons (Fsp3) is 0.158. The van der Waals surface area contributed by atoms with E-state index in [4.69, 9.17) is 0 Å². The molecule has 0 aromatic heterocycles. The number of rotatable bonds is 3. The summed E-state index contributed by atoms with van der Waals surface area (Å²) in [5.41, 5.74) is 6.63. The van der Waals surface area contributed by atoms with Gasteiger partial charge in [0.15, 0.2) is 0 Å². The smallest absolute Gasteiger partial charge is 0.0419 e. The van der Waals surface area contributed by atoms with Gasteiger partial charge in [0.25, 0.3) is 0 Å². The standard InChI is InChI=1S/C19H19N/c1-2-15-13-19(17-11-7-4-8-12-17)20-14-18(15)16-9-5-3-6-10-16/h3-13,20H,2,14H2,1H3. The quantitative estimate of drug-likeness (QED) is 0.858. The Morgan fingerprint density at radius 3 is 2.05 bits per heavy atom. The van der Waals surface area contributed by atoms with Crippen LogP contribution in [0.5, 0.6) is 0 Å². The molecule has 2 aromatic carbocycles. The molecular formula is C19H19N. The van der Waals surface area contributed by atoms with E-state index in [1.807, 2.05) is 0 Å². The number of nitrogens with one attached hydrogen (secondary N) is 1. The zero-order chi connectivity index (χ0) is 13.8. The zero-order valence-electron chi connectivity index (χ0n) is 11.8. The first-order valence-corrected chi connectivity index (χ1v) is 7.17. The summed E-state index contributed by atoms with van der Waals surface area (Å²) in [6.07, 6.45) is 3.35. The average Bonchev–Trinajstić information content (AvgIpc) is 2.56. The molecule has 0 saturated heterocycles. The highest BCUT2D eigenvalue weighted by Crippen LogP contribution is 2.28. The molecule has 0 amide bonds. The van der Waals surface area contributed by atoms with Crippen molar-refractivity contribution < 1.29 is 0 Å². The van der Waals surface area contributed by atoms with E-state index < -0.39 is 0 Å².